The van der Waals surface area contributed by atoms with Crippen LogP contribution in [0.2, 0.25) is 0 Å². The molecule has 3 heterocycles. The molecule has 0 amide bonds. The van der Waals surface area contributed by atoms with E-state index in [2.05, 4.69) is 36.2 Å². The number of nitrogens with zero attached hydrogens (tertiary/aromatic N) is 4. The van der Waals surface area contributed by atoms with E-state index in [0.29, 0.717) is 16.6 Å². The number of aromatic nitrogens is 3. The fourth-order valence-corrected chi connectivity index (χ4v) is 4.77. The summed E-state index contributed by atoms with van der Waals surface area (Å²) in [6.45, 7) is 5.58. The standard InChI is InChI=1S/C23H29N7O3S2/c1-16(2)33-21-6-5-18(35(24,31)32)12-19(21)28-23-29-20(14-34-23)17-4-7-22(27-13-17)26-8-3-10-30-11-9-25-15-30/h4-6,9,11-16,22,26H,3,7-8,10H2,1-2H3,(H,28,29)(H2,24,31,32). The second-order valence-electron chi connectivity index (χ2n) is 8.33. The number of sulfonamides is 1. The van der Waals surface area contributed by atoms with Crippen LogP contribution >= 0.6 is 11.3 Å². The van der Waals surface area contributed by atoms with E-state index < -0.39 is 10.0 Å². The number of hydrogen-bond acceptors (Lipinski definition) is 9. The highest BCUT2D eigenvalue weighted by Crippen LogP contribution is 2.33. The lowest BCUT2D eigenvalue weighted by atomic mass is 10.1. The lowest BCUT2D eigenvalue weighted by Crippen LogP contribution is -2.29. The molecule has 10 nitrogen and oxygen atoms in total. The van der Waals surface area contributed by atoms with E-state index in [0.717, 1.165) is 37.2 Å². The van der Waals surface area contributed by atoms with Gasteiger partial charge in [0.15, 0.2) is 5.13 Å². The molecule has 1 aliphatic rings. The molecule has 4 N–H and O–H groups in total. The maximum absolute atomic E-state index is 11.8. The van der Waals surface area contributed by atoms with Gasteiger partial charge in [-0.15, -0.1) is 11.3 Å². The summed E-state index contributed by atoms with van der Waals surface area (Å²) in [5.74, 6) is 0.518. The van der Waals surface area contributed by atoms with Crippen molar-refractivity contribution < 1.29 is 13.2 Å². The number of aryl methyl sites for hydroxylation is 1. The Kier molecular flexibility index (Phi) is 7.96. The summed E-state index contributed by atoms with van der Waals surface area (Å²) in [4.78, 5) is 13.3. The number of dihydropyridines is 1. The Morgan fingerprint density at radius 2 is 2.20 bits per heavy atom. The Bertz CT molecular complexity index is 1300. The lowest BCUT2D eigenvalue weighted by Gasteiger charge is -2.17. The van der Waals surface area contributed by atoms with Crippen molar-refractivity contribution in [2.45, 2.75) is 50.4 Å². The molecule has 0 spiro atoms. The molecule has 0 radical (unpaired) electrons. The summed E-state index contributed by atoms with van der Waals surface area (Å²) in [5.41, 5.74) is 2.23. The minimum Gasteiger partial charge on any atom is -0.489 e. The zero-order valence-electron chi connectivity index (χ0n) is 19.6. The topological polar surface area (TPSA) is 137 Å². The van der Waals surface area contributed by atoms with Crippen molar-refractivity contribution in [3.8, 4) is 5.75 Å². The number of rotatable bonds is 11. The third kappa shape index (κ3) is 6.98. The van der Waals surface area contributed by atoms with Crippen molar-refractivity contribution >= 4 is 44.0 Å². The molecular weight excluding hydrogens is 486 g/mol. The highest BCUT2D eigenvalue weighted by Gasteiger charge is 2.16. The number of anilines is 2. The van der Waals surface area contributed by atoms with Crippen LogP contribution < -0.4 is 20.5 Å². The first kappa shape index (κ1) is 25.0. The van der Waals surface area contributed by atoms with Gasteiger partial charge in [-0.2, -0.15) is 0 Å². The van der Waals surface area contributed by atoms with Gasteiger partial charge in [0.25, 0.3) is 0 Å². The monoisotopic (exact) mass is 515 g/mol. The van der Waals surface area contributed by atoms with Crippen molar-refractivity contribution in [3.63, 3.8) is 0 Å². The van der Waals surface area contributed by atoms with Crippen LogP contribution in [0.25, 0.3) is 5.57 Å². The smallest absolute Gasteiger partial charge is 0.238 e. The quantitative estimate of drug-likeness (QED) is 0.333. The fourth-order valence-electron chi connectivity index (χ4n) is 3.50. The molecule has 2 aromatic heterocycles. The number of thiazole rings is 1. The van der Waals surface area contributed by atoms with Gasteiger partial charge in [-0.25, -0.2) is 23.5 Å². The van der Waals surface area contributed by atoms with E-state index in [1.165, 1.54) is 23.5 Å². The van der Waals surface area contributed by atoms with Crippen LogP contribution in [-0.4, -0.2) is 48.0 Å². The maximum Gasteiger partial charge on any atom is 0.238 e. The van der Waals surface area contributed by atoms with Gasteiger partial charge >= 0.3 is 0 Å². The maximum atomic E-state index is 11.8. The summed E-state index contributed by atoms with van der Waals surface area (Å²) in [6.07, 6.45) is 11.3. The average Bonchev–Trinajstić information content (AvgIpc) is 3.50. The van der Waals surface area contributed by atoms with Crippen molar-refractivity contribution in [2.24, 2.45) is 10.1 Å². The summed E-state index contributed by atoms with van der Waals surface area (Å²) in [7, 11) is -3.85. The van der Waals surface area contributed by atoms with Gasteiger partial charge < -0.3 is 14.6 Å². The predicted octanol–water partition coefficient (Wildman–Crippen LogP) is 3.38. The number of benzene rings is 1. The molecule has 1 unspecified atom stereocenters. The molecule has 1 atom stereocenters. The van der Waals surface area contributed by atoms with Gasteiger partial charge in [0, 0.05) is 42.5 Å². The zero-order chi connectivity index (χ0) is 24.8. The molecule has 1 aromatic carbocycles. The van der Waals surface area contributed by atoms with E-state index in [1.807, 2.05) is 38.0 Å². The number of primary sulfonamides is 1. The van der Waals surface area contributed by atoms with Crippen LogP contribution in [0.1, 0.15) is 32.4 Å². The minimum absolute atomic E-state index is 0.00132. The van der Waals surface area contributed by atoms with Crippen molar-refractivity contribution in [2.75, 3.05) is 11.9 Å². The molecule has 35 heavy (non-hydrogen) atoms. The summed E-state index contributed by atoms with van der Waals surface area (Å²) >= 11 is 1.41. The first-order chi connectivity index (χ1) is 16.8. The number of hydrogen-bond donors (Lipinski definition) is 3. The molecule has 0 bridgehead atoms. The molecule has 0 fully saturated rings. The number of nitrogens with one attached hydrogen (secondary N) is 2. The molecule has 186 valence electrons. The molecule has 0 saturated carbocycles. The van der Waals surface area contributed by atoms with Crippen LogP contribution in [-0.2, 0) is 16.6 Å². The highest BCUT2D eigenvalue weighted by molar-refractivity contribution is 7.89. The van der Waals surface area contributed by atoms with Crippen LogP contribution in [0.5, 0.6) is 5.75 Å². The number of aliphatic imine (C=N–C) groups is 1. The van der Waals surface area contributed by atoms with Gasteiger partial charge in [-0.05, 0) is 45.0 Å². The van der Waals surface area contributed by atoms with Crippen LogP contribution in [0, 0.1) is 0 Å². The number of imidazole rings is 1. The molecular formula is C23H29N7O3S2. The second-order valence-corrected chi connectivity index (χ2v) is 10.7. The average molecular weight is 516 g/mol. The predicted molar refractivity (Wildman–Crippen MR) is 139 cm³/mol. The van der Waals surface area contributed by atoms with Crippen LogP contribution in [0.15, 0.2) is 58.3 Å². The van der Waals surface area contributed by atoms with Gasteiger partial charge in [0.2, 0.25) is 10.0 Å². The van der Waals surface area contributed by atoms with E-state index in [4.69, 9.17) is 9.88 Å². The van der Waals surface area contributed by atoms with Crippen LogP contribution in [0.3, 0.4) is 0 Å². The molecule has 0 aliphatic carbocycles. The molecule has 0 saturated heterocycles. The Morgan fingerprint density at radius 1 is 1.34 bits per heavy atom. The van der Waals surface area contributed by atoms with Gasteiger partial charge in [-0.1, -0.05) is 6.08 Å². The first-order valence-corrected chi connectivity index (χ1v) is 13.7. The normalized spacial score (nSPS) is 15.9. The van der Waals surface area contributed by atoms with Gasteiger partial charge in [0.05, 0.1) is 28.7 Å². The Labute approximate surface area is 209 Å². The summed E-state index contributed by atoms with van der Waals surface area (Å²) in [6, 6.07) is 4.48. The van der Waals surface area contributed by atoms with Crippen molar-refractivity contribution in [3.05, 3.63) is 54.1 Å². The molecule has 3 aromatic rings. The lowest BCUT2D eigenvalue weighted by molar-refractivity contribution is 0.243. The van der Waals surface area contributed by atoms with E-state index in [-0.39, 0.29) is 17.2 Å². The first-order valence-electron chi connectivity index (χ1n) is 11.3. The van der Waals surface area contributed by atoms with E-state index in [9.17, 15) is 8.42 Å². The van der Waals surface area contributed by atoms with Gasteiger partial charge in [-0.3, -0.25) is 10.3 Å². The van der Waals surface area contributed by atoms with Gasteiger partial charge in [0.1, 0.15) is 11.9 Å². The summed E-state index contributed by atoms with van der Waals surface area (Å²) in [5, 5.41) is 14.5. The zero-order valence-corrected chi connectivity index (χ0v) is 21.2. The highest BCUT2D eigenvalue weighted by atomic mass is 32.2. The molecule has 12 heteroatoms. The van der Waals surface area contributed by atoms with Crippen LogP contribution in [0.4, 0.5) is 10.8 Å². The number of ether oxygens (including phenoxy) is 1. The molecule has 4 rings (SSSR count). The van der Waals surface area contributed by atoms with E-state index >= 15 is 0 Å². The third-order valence-electron chi connectivity index (χ3n) is 5.17. The Balaban J connectivity index is 1.37. The second kappa shape index (κ2) is 11.1. The van der Waals surface area contributed by atoms with Crippen molar-refractivity contribution in [1.82, 2.24) is 19.9 Å². The number of allylic oxidation sites excluding steroid dienone is 1. The Morgan fingerprint density at radius 3 is 2.89 bits per heavy atom. The largest absolute Gasteiger partial charge is 0.489 e. The third-order valence-corrected chi connectivity index (χ3v) is 6.84. The van der Waals surface area contributed by atoms with Crippen molar-refractivity contribution in [1.29, 1.82) is 0 Å². The SMILES string of the molecule is CC(C)Oc1ccc(S(N)(=O)=O)cc1Nc1nc(C2=CCC(NCCCn3ccnc3)N=C2)cs1. The fraction of sp³-hybridized carbons (Fsp3) is 0.348. The van der Waals surface area contributed by atoms with E-state index in [1.54, 1.807) is 12.3 Å². The number of nitrogens with two attached hydrogens (primary N) is 1. The Hall–Kier alpha value is -3.06. The minimum atomic E-state index is -3.85. The molecule has 1 aliphatic heterocycles. The summed E-state index contributed by atoms with van der Waals surface area (Å²) < 4.78 is 31.5.